The van der Waals surface area contributed by atoms with Crippen LogP contribution in [0.15, 0.2) is 55.2 Å². The lowest BCUT2D eigenvalue weighted by Crippen LogP contribution is -2.32. The number of pyridine rings is 1. The highest BCUT2D eigenvalue weighted by molar-refractivity contribution is 6.21. The minimum Gasteiger partial charge on any atom is -0.324 e. The van der Waals surface area contributed by atoms with E-state index in [0.29, 0.717) is 10.9 Å². The van der Waals surface area contributed by atoms with Crippen molar-refractivity contribution in [3.8, 4) is 5.82 Å². The largest absolute Gasteiger partial charge is 0.365 e. The van der Waals surface area contributed by atoms with E-state index >= 15 is 0 Å². The normalized spacial score (nSPS) is 13.0. The van der Waals surface area contributed by atoms with Gasteiger partial charge in [0, 0.05) is 6.20 Å². The maximum atomic E-state index is 12.2. The van der Waals surface area contributed by atoms with Crippen LogP contribution in [0, 0.1) is 0 Å². The Kier molecular flexibility index (Phi) is 3.31. The predicted molar refractivity (Wildman–Crippen MR) is 81.5 cm³/mol. The molecule has 0 N–H and O–H groups in total. The van der Waals surface area contributed by atoms with E-state index in [1.54, 1.807) is 12.1 Å². The first-order chi connectivity index (χ1) is 12.1. The van der Waals surface area contributed by atoms with Gasteiger partial charge in [0.15, 0.2) is 5.82 Å². The smallest absolute Gasteiger partial charge is 0.324 e. The lowest BCUT2D eigenvalue weighted by atomic mass is 10.1. The average Bonchev–Trinajstić information content (AvgIpc) is 3.26. The van der Waals surface area contributed by atoms with E-state index in [1.165, 1.54) is 47.8 Å². The van der Waals surface area contributed by atoms with Gasteiger partial charge in [-0.25, -0.2) is 19.4 Å². The monoisotopic (exact) mass is 335 g/mol. The van der Waals surface area contributed by atoms with Gasteiger partial charge in [-0.3, -0.25) is 9.59 Å². The molecule has 0 spiro atoms. The number of imide groups is 1. The third kappa shape index (κ3) is 2.43. The van der Waals surface area contributed by atoms with Crippen LogP contribution in [-0.4, -0.2) is 42.6 Å². The molecule has 4 rings (SSSR count). The summed E-state index contributed by atoms with van der Waals surface area (Å²) < 4.78 is 1.42. The summed E-state index contributed by atoms with van der Waals surface area (Å²) in [6.45, 7) is 0. The first kappa shape index (κ1) is 14.7. The molecule has 9 heteroatoms. The average molecular weight is 335 g/mol. The van der Waals surface area contributed by atoms with Crippen LogP contribution in [0.1, 0.15) is 31.1 Å². The maximum Gasteiger partial charge on any atom is 0.365 e. The van der Waals surface area contributed by atoms with Crippen molar-refractivity contribution in [2.45, 2.75) is 0 Å². The number of nitrogens with zero attached hydrogens (tertiary/aromatic N) is 5. The molecule has 3 aromatic rings. The number of fused-ring (bicyclic) bond motifs is 1. The number of hydrogen-bond acceptors (Lipinski definition) is 7. The second-order valence-electron chi connectivity index (χ2n) is 5.07. The van der Waals surface area contributed by atoms with Gasteiger partial charge in [-0.1, -0.05) is 17.2 Å². The van der Waals surface area contributed by atoms with Crippen LogP contribution in [0.3, 0.4) is 0 Å². The zero-order chi connectivity index (χ0) is 17.4. The second kappa shape index (κ2) is 5.64. The molecule has 0 radical (unpaired) electrons. The Hall–Kier alpha value is -3.88. The standard InChI is InChI=1S/C16H9N5O4/c22-14-11-3-1-2-4-12(11)15(23)21(14)25-16(24)10-5-6-13(18-7-10)20-9-17-8-19-20/h1-9H. The Bertz CT molecular complexity index is 947. The summed E-state index contributed by atoms with van der Waals surface area (Å²) in [6.07, 6.45) is 4.07. The molecule has 0 bridgehead atoms. The molecule has 9 nitrogen and oxygen atoms in total. The van der Waals surface area contributed by atoms with Crippen LogP contribution in [0.25, 0.3) is 5.82 Å². The van der Waals surface area contributed by atoms with E-state index in [2.05, 4.69) is 15.1 Å². The van der Waals surface area contributed by atoms with Crippen LogP contribution in [0.2, 0.25) is 0 Å². The highest BCUT2D eigenvalue weighted by atomic mass is 16.7. The lowest BCUT2D eigenvalue weighted by molar-refractivity contribution is -0.0584. The van der Waals surface area contributed by atoms with Crippen molar-refractivity contribution < 1.29 is 19.2 Å². The summed E-state index contributed by atoms with van der Waals surface area (Å²) in [4.78, 5) is 49.4. The Morgan fingerprint density at radius 1 is 1.00 bits per heavy atom. The SMILES string of the molecule is O=C(ON1C(=O)c2ccccc2C1=O)c1ccc(-n2cncn2)nc1. The number of aromatic nitrogens is 4. The molecule has 3 heterocycles. The fraction of sp³-hybridized carbons (Fsp3) is 0. The number of benzene rings is 1. The zero-order valence-corrected chi connectivity index (χ0v) is 12.6. The van der Waals surface area contributed by atoms with Crippen LogP contribution in [-0.2, 0) is 4.84 Å². The van der Waals surface area contributed by atoms with Gasteiger partial charge in [-0.05, 0) is 24.3 Å². The number of carbonyl (C=O) groups excluding carboxylic acids is 3. The third-order valence-corrected chi connectivity index (χ3v) is 3.57. The van der Waals surface area contributed by atoms with Gasteiger partial charge < -0.3 is 4.84 Å². The topological polar surface area (TPSA) is 107 Å². The van der Waals surface area contributed by atoms with Gasteiger partial charge in [0.05, 0.1) is 16.7 Å². The summed E-state index contributed by atoms with van der Waals surface area (Å²) in [5, 5.41) is 4.37. The molecule has 0 atom stereocenters. The fourth-order valence-electron chi connectivity index (χ4n) is 2.35. The molecule has 2 aromatic heterocycles. The second-order valence-corrected chi connectivity index (χ2v) is 5.07. The van der Waals surface area contributed by atoms with E-state index in [0.717, 1.165) is 0 Å². The van der Waals surface area contributed by atoms with Crippen LogP contribution < -0.4 is 0 Å². The van der Waals surface area contributed by atoms with Crippen molar-refractivity contribution in [1.29, 1.82) is 0 Å². The molecule has 0 fully saturated rings. The van der Waals surface area contributed by atoms with Gasteiger partial charge >= 0.3 is 5.97 Å². The van der Waals surface area contributed by atoms with E-state index in [4.69, 9.17) is 4.84 Å². The fourth-order valence-corrected chi connectivity index (χ4v) is 2.35. The van der Waals surface area contributed by atoms with E-state index in [1.807, 2.05) is 0 Å². The first-order valence-electron chi connectivity index (χ1n) is 7.16. The van der Waals surface area contributed by atoms with Gasteiger partial charge in [-0.2, -0.15) is 5.10 Å². The Labute approximate surface area is 140 Å². The molecule has 122 valence electrons. The van der Waals surface area contributed by atoms with Crippen molar-refractivity contribution in [2.24, 2.45) is 0 Å². The number of hydrogen-bond donors (Lipinski definition) is 0. The summed E-state index contributed by atoms with van der Waals surface area (Å²) >= 11 is 0. The van der Waals surface area contributed by atoms with Gasteiger partial charge in [-0.15, -0.1) is 0 Å². The molecule has 2 amide bonds. The Balaban J connectivity index is 1.53. The summed E-state index contributed by atoms with van der Waals surface area (Å²) in [7, 11) is 0. The van der Waals surface area contributed by atoms with E-state index in [-0.39, 0.29) is 16.7 Å². The molecular formula is C16H9N5O4. The minimum atomic E-state index is -0.868. The Morgan fingerprint density at radius 3 is 2.28 bits per heavy atom. The predicted octanol–water partition coefficient (Wildman–Crippen LogP) is 1.03. The highest BCUT2D eigenvalue weighted by Gasteiger charge is 2.38. The molecule has 0 saturated carbocycles. The van der Waals surface area contributed by atoms with Gasteiger partial charge in [0.2, 0.25) is 0 Å². The van der Waals surface area contributed by atoms with Crippen molar-refractivity contribution in [2.75, 3.05) is 0 Å². The van der Waals surface area contributed by atoms with Crippen molar-refractivity contribution in [1.82, 2.24) is 24.8 Å². The maximum absolute atomic E-state index is 12.2. The quantitative estimate of drug-likeness (QED) is 0.658. The van der Waals surface area contributed by atoms with Gasteiger partial charge in [0.25, 0.3) is 11.8 Å². The molecule has 1 aliphatic rings. The van der Waals surface area contributed by atoms with Crippen LogP contribution in [0.4, 0.5) is 0 Å². The molecule has 0 saturated heterocycles. The highest BCUT2D eigenvalue weighted by Crippen LogP contribution is 2.23. The molecular weight excluding hydrogens is 326 g/mol. The van der Waals surface area contributed by atoms with Crippen molar-refractivity contribution in [3.63, 3.8) is 0 Å². The minimum absolute atomic E-state index is 0.0837. The Morgan fingerprint density at radius 2 is 1.72 bits per heavy atom. The summed E-state index contributed by atoms with van der Waals surface area (Å²) in [5.74, 6) is -1.77. The molecule has 1 aromatic carbocycles. The number of hydroxylamine groups is 2. The lowest BCUT2D eigenvalue weighted by Gasteiger charge is -2.12. The van der Waals surface area contributed by atoms with Crippen LogP contribution >= 0.6 is 0 Å². The molecule has 25 heavy (non-hydrogen) atoms. The number of amides is 2. The van der Waals surface area contributed by atoms with Crippen molar-refractivity contribution in [3.05, 3.63) is 71.9 Å². The third-order valence-electron chi connectivity index (χ3n) is 3.57. The van der Waals surface area contributed by atoms with Crippen LogP contribution in [0.5, 0.6) is 0 Å². The number of rotatable bonds is 3. The van der Waals surface area contributed by atoms with E-state index in [9.17, 15) is 14.4 Å². The van der Waals surface area contributed by atoms with Gasteiger partial charge in [0.1, 0.15) is 12.7 Å². The van der Waals surface area contributed by atoms with E-state index < -0.39 is 17.8 Å². The summed E-state index contributed by atoms with van der Waals surface area (Å²) in [6, 6.07) is 9.23. The van der Waals surface area contributed by atoms with Crippen molar-refractivity contribution >= 4 is 17.8 Å². The summed E-state index contributed by atoms with van der Waals surface area (Å²) in [5.41, 5.74) is 0.473. The molecule has 0 unspecified atom stereocenters. The number of carbonyl (C=O) groups is 3. The first-order valence-corrected chi connectivity index (χ1v) is 7.16. The molecule has 1 aliphatic heterocycles. The molecule has 0 aliphatic carbocycles. The zero-order valence-electron chi connectivity index (χ0n) is 12.6.